The van der Waals surface area contributed by atoms with Gasteiger partial charge in [0.2, 0.25) is 0 Å². The number of fused-ring (bicyclic) bond motifs is 1. The second kappa shape index (κ2) is 4.19. The van der Waals surface area contributed by atoms with E-state index in [0.717, 1.165) is 12.8 Å². The minimum atomic E-state index is -0.632. The highest BCUT2D eigenvalue weighted by Crippen LogP contribution is 2.31. The molecule has 0 bridgehead atoms. The molecule has 2 N–H and O–H groups in total. The Labute approximate surface area is 97.7 Å². The summed E-state index contributed by atoms with van der Waals surface area (Å²) in [6, 6.07) is 7.10. The first-order chi connectivity index (χ1) is 7.46. The van der Waals surface area contributed by atoms with Crippen LogP contribution in [0.25, 0.3) is 0 Å². The van der Waals surface area contributed by atoms with Crippen molar-refractivity contribution >= 4 is 0 Å². The third kappa shape index (κ3) is 2.63. The molecule has 0 spiro atoms. The zero-order valence-corrected chi connectivity index (χ0v) is 10.4. The molecule has 0 amide bonds. The number of aryl methyl sites for hydroxylation is 2. The molecule has 16 heavy (non-hydrogen) atoms. The molecule has 0 saturated carbocycles. The topological polar surface area (TPSA) is 32.3 Å². The quantitative estimate of drug-likeness (QED) is 0.818. The van der Waals surface area contributed by atoms with Gasteiger partial charge >= 0.3 is 0 Å². The highest BCUT2D eigenvalue weighted by atomic mass is 16.3. The van der Waals surface area contributed by atoms with E-state index in [-0.39, 0.29) is 0 Å². The van der Waals surface area contributed by atoms with Crippen LogP contribution in [0.4, 0.5) is 0 Å². The average molecular weight is 219 g/mol. The van der Waals surface area contributed by atoms with Crippen LogP contribution in [-0.4, -0.2) is 17.3 Å². The summed E-state index contributed by atoms with van der Waals surface area (Å²) in [5.41, 5.74) is 3.56. The second-order valence-electron chi connectivity index (χ2n) is 5.49. The number of rotatable bonds is 3. The van der Waals surface area contributed by atoms with Gasteiger partial charge in [-0.25, -0.2) is 0 Å². The van der Waals surface area contributed by atoms with Crippen molar-refractivity contribution in [1.29, 1.82) is 0 Å². The third-order valence-electron chi connectivity index (χ3n) is 3.16. The Morgan fingerprint density at radius 3 is 2.88 bits per heavy atom. The Bertz CT molecular complexity index is 379. The molecule has 0 heterocycles. The molecule has 1 aliphatic rings. The van der Waals surface area contributed by atoms with Gasteiger partial charge in [0.15, 0.2) is 0 Å². The van der Waals surface area contributed by atoms with Crippen molar-refractivity contribution in [3.8, 4) is 0 Å². The fourth-order valence-corrected chi connectivity index (χ4v) is 2.31. The monoisotopic (exact) mass is 219 g/mol. The van der Waals surface area contributed by atoms with Crippen LogP contribution in [0.1, 0.15) is 43.0 Å². The molecule has 1 aromatic carbocycles. The Balaban J connectivity index is 2.08. The molecule has 1 atom stereocenters. The number of hydrogen-bond donors (Lipinski definition) is 2. The lowest BCUT2D eigenvalue weighted by Gasteiger charge is -2.22. The van der Waals surface area contributed by atoms with E-state index in [0.29, 0.717) is 12.6 Å². The second-order valence-corrected chi connectivity index (χ2v) is 5.49. The van der Waals surface area contributed by atoms with Crippen molar-refractivity contribution in [2.24, 2.45) is 0 Å². The summed E-state index contributed by atoms with van der Waals surface area (Å²) in [5, 5.41) is 13.2. The van der Waals surface area contributed by atoms with Gasteiger partial charge < -0.3 is 10.4 Å². The van der Waals surface area contributed by atoms with Crippen LogP contribution < -0.4 is 5.32 Å². The molecular formula is C14H21NO. The Hall–Kier alpha value is -0.860. The van der Waals surface area contributed by atoms with Crippen molar-refractivity contribution in [2.75, 3.05) is 6.54 Å². The first-order valence-corrected chi connectivity index (χ1v) is 6.01. The largest absolute Gasteiger partial charge is 0.389 e. The van der Waals surface area contributed by atoms with Gasteiger partial charge in [0.05, 0.1) is 5.60 Å². The molecule has 2 heteroatoms. The molecule has 2 rings (SSSR count). The van der Waals surface area contributed by atoms with E-state index >= 15 is 0 Å². The predicted octanol–water partition coefficient (Wildman–Crippen LogP) is 2.34. The van der Waals surface area contributed by atoms with Gasteiger partial charge in [0.1, 0.15) is 0 Å². The Kier molecular flexibility index (Phi) is 3.04. The molecule has 1 aliphatic carbocycles. The molecule has 0 aromatic heterocycles. The first-order valence-electron chi connectivity index (χ1n) is 6.01. The summed E-state index contributed by atoms with van der Waals surface area (Å²) in [5.74, 6) is 0. The van der Waals surface area contributed by atoms with Crippen molar-refractivity contribution in [2.45, 2.75) is 45.3 Å². The van der Waals surface area contributed by atoms with Gasteiger partial charge in [0.25, 0.3) is 0 Å². The van der Waals surface area contributed by atoms with Gasteiger partial charge in [-0.2, -0.15) is 0 Å². The Morgan fingerprint density at radius 1 is 1.44 bits per heavy atom. The third-order valence-corrected chi connectivity index (χ3v) is 3.16. The van der Waals surface area contributed by atoms with E-state index in [1.54, 1.807) is 0 Å². The molecule has 88 valence electrons. The lowest BCUT2D eigenvalue weighted by molar-refractivity contribution is 0.0764. The number of aliphatic hydroxyl groups is 1. The maximum absolute atomic E-state index is 9.72. The molecule has 1 unspecified atom stereocenters. The Morgan fingerprint density at radius 2 is 2.19 bits per heavy atom. The van der Waals surface area contributed by atoms with Crippen LogP contribution in [0.2, 0.25) is 0 Å². The molecule has 2 nitrogen and oxygen atoms in total. The fourth-order valence-electron chi connectivity index (χ4n) is 2.31. The lowest BCUT2D eigenvalue weighted by Crippen LogP contribution is -2.36. The minimum Gasteiger partial charge on any atom is -0.389 e. The summed E-state index contributed by atoms with van der Waals surface area (Å²) < 4.78 is 0. The summed E-state index contributed by atoms with van der Waals surface area (Å²) in [7, 11) is 0. The van der Waals surface area contributed by atoms with Crippen molar-refractivity contribution in [3.05, 3.63) is 34.9 Å². The molecule has 0 radical (unpaired) electrons. The maximum atomic E-state index is 9.72. The highest BCUT2D eigenvalue weighted by molar-refractivity contribution is 5.37. The fraction of sp³-hybridized carbons (Fsp3) is 0.571. The number of nitrogens with one attached hydrogen (secondary N) is 1. The van der Waals surface area contributed by atoms with Crippen molar-refractivity contribution < 1.29 is 5.11 Å². The van der Waals surface area contributed by atoms with E-state index in [4.69, 9.17) is 0 Å². The molecule has 0 saturated heterocycles. The van der Waals surface area contributed by atoms with E-state index in [9.17, 15) is 5.11 Å². The SMILES string of the molecule is Cc1ccc2c(c1)C(NCC(C)(C)O)CC2. The summed E-state index contributed by atoms with van der Waals surface area (Å²) >= 11 is 0. The van der Waals surface area contributed by atoms with Crippen LogP contribution in [0.5, 0.6) is 0 Å². The van der Waals surface area contributed by atoms with Crippen LogP contribution in [0.15, 0.2) is 18.2 Å². The van der Waals surface area contributed by atoms with Gasteiger partial charge in [-0.05, 0) is 44.7 Å². The molecule has 1 aromatic rings. The lowest BCUT2D eigenvalue weighted by atomic mass is 10.0. The van der Waals surface area contributed by atoms with Crippen molar-refractivity contribution in [1.82, 2.24) is 5.32 Å². The van der Waals surface area contributed by atoms with Crippen LogP contribution in [0.3, 0.4) is 0 Å². The van der Waals surface area contributed by atoms with E-state index in [2.05, 4.69) is 30.4 Å². The molecule has 0 fully saturated rings. The van der Waals surface area contributed by atoms with E-state index in [1.165, 1.54) is 16.7 Å². The highest BCUT2D eigenvalue weighted by Gasteiger charge is 2.23. The van der Waals surface area contributed by atoms with Crippen molar-refractivity contribution in [3.63, 3.8) is 0 Å². The number of hydrogen-bond acceptors (Lipinski definition) is 2. The standard InChI is InChI=1S/C14H21NO/c1-10-4-5-11-6-7-13(12(11)8-10)15-9-14(2,3)16/h4-5,8,13,15-16H,6-7,9H2,1-3H3. The van der Waals surface area contributed by atoms with Gasteiger partial charge in [-0.3, -0.25) is 0 Å². The van der Waals surface area contributed by atoms with Crippen LogP contribution >= 0.6 is 0 Å². The van der Waals surface area contributed by atoms with Gasteiger partial charge in [0, 0.05) is 12.6 Å². The summed E-state index contributed by atoms with van der Waals surface area (Å²) in [6.07, 6.45) is 2.30. The van der Waals surface area contributed by atoms with E-state index in [1.807, 2.05) is 13.8 Å². The zero-order chi connectivity index (χ0) is 11.8. The van der Waals surface area contributed by atoms with Gasteiger partial charge in [-0.1, -0.05) is 23.8 Å². The predicted molar refractivity (Wildman–Crippen MR) is 66.5 cm³/mol. The summed E-state index contributed by atoms with van der Waals surface area (Å²) in [4.78, 5) is 0. The molecule has 0 aliphatic heterocycles. The van der Waals surface area contributed by atoms with Crippen LogP contribution in [-0.2, 0) is 6.42 Å². The maximum Gasteiger partial charge on any atom is 0.0715 e. The number of benzene rings is 1. The zero-order valence-electron chi connectivity index (χ0n) is 10.4. The summed E-state index contributed by atoms with van der Waals surface area (Å²) in [6.45, 7) is 6.45. The van der Waals surface area contributed by atoms with Gasteiger partial charge in [-0.15, -0.1) is 0 Å². The van der Waals surface area contributed by atoms with E-state index < -0.39 is 5.60 Å². The molecular weight excluding hydrogens is 198 g/mol. The normalized spacial score (nSPS) is 19.9. The smallest absolute Gasteiger partial charge is 0.0715 e. The first kappa shape index (κ1) is 11.6. The average Bonchev–Trinajstić information content (AvgIpc) is 2.56. The van der Waals surface area contributed by atoms with Crippen LogP contribution in [0, 0.1) is 6.92 Å². The minimum absolute atomic E-state index is 0.418.